The van der Waals surface area contributed by atoms with Gasteiger partial charge < -0.3 is 15.2 Å². The highest BCUT2D eigenvalue weighted by molar-refractivity contribution is 5.98. The van der Waals surface area contributed by atoms with Crippen molar-refractivity contribution in [2.45, 2.75) is 38.6 Å². The molecule has 0 saturated carbocycles. The number of aryl methyl sites for hydroxylation is 1. The standard InChI is InChI=1S/C25H28N4O4.C2HF3O2/c1-16-14-17(20-6-3-4-8-22(20)26-16)15-33-19-11-9-18(10-12-19)27-25(31)23-21(24(30)28-32)7-5-13-29(23)2;3-2(4,5)1(6)7/h3-4,6,8-12,14,21,23,32H,5,7,13,15H2,1-2H3,(H,27,31)(H,28,30);(H,6,7)/t21-,23-;/m1./s1. The number of aromatic nitrogens is 1. The van der Waals surface area contributed by atoms with E-state index in [0.29, 0.717) is 31.0 Å². The van der Waals surface area contributed by atoms with Gasteiger partial charge in [-0.1, -0.05) is 18.2 Å². The zero-order valence-corrected chi connectivity index (χ0v) is 21.7. The number of amides is 2. The Kier molecular flexibility index (Phi) is 10.0. The summed E-state index contributed by atoms with van der Waals surface area (Å²) in [5.74, 6) is -3.50. The van der Waals surface area contributed by atoms with Crippen molar-refractivity contribution in [3.05, 3.63) is 65.9 Å². The Morgan fingerprint density at radius 3 is 2.38 bits per heavy atom. The van der Waals surface area contributed by atoms with E-state index in [0.717, 1.165) is 28.6 Å². The van der Waals surface area contributed by atoms with Crippen molar-refractivity contribution >= 4 is 34.4 Å². The number of piperidine rings is 1. The molecule has 2 heterocycles. The summed E-state index contributed by atoms with van der Waals surface area (Å²) in [6.45, 7) is 3.08. The molecule has 10 nitrogen and oxygen atoms in total. The van der Waals surface area contributed by atoms with E-state index in [4.69, 9.17) is 19.8 Å². The monoisotopic (exact) mass is 562 g/mol. The number of likely N-dealkylation sites (tertiary alicyclic amines) is 1. The Balaban J connectivity index is 0.000000559. The van der Waals surface area contributed by atoms with Crippen molar-refractivity contribution < 1.29 is 42.6 Å². The van der Waals surface area contributed by atoms with Crippen molar-refractivity contribution in [2.75, 3.05) is 18.9 Å². The average Bonchev–Trinajstić information content (AvgIpc) is 2.91. The summed E-state index contributed by atoms with van der Waals surface area (Å²) in [4.78, 5) is 40.2. The number of nitrogens with one attached hydrogen (secondary N) is 2. The van der Waals surface area contributed by atoms with Crippen molar-refractivity contribution in [2.24, 2.45) is 5.92 Å². The van der Waals surface area contributed by atoms with Gasteiger partial charge in [0, 0.05) is 22.3 Å². The highest BCUT2D eigenvalue weighted by Crippen LogP contribution is 2.25. The quantitative estimate of drug-likeness (QED) is 0.262. The Morgan fingerprint density at radius 2 is 1.75 bits per heavy atom. The number of carboxylic acid groups (broad SMARTS) is 1. The van der Waals surface area contributed by atoms with Crippen LogP contribution in [0.4, 0.5) is 18.9 Å². The Hall–Kier alpha value is -4.23. The zero-order valence-electron chi connectivity index (χ0n) is 21.7. The Morgan fingerprint density at radius 1 is 1.10 bits per heavy atom. The minimum absolute atomic E-state index is 0.279. The van der Waals surface area contributed by atoms with E-state index in [9.17, 15) is 22.8 Å². The smallest absolute Gasteiger partial charge is 0.489 e. The van der Waals surface area contributed by atoms with E-state index in [2.05, 4.69) is 10.3 Å². The molecule has 0 aliphatic carbocycles. The second-order valence-corrected chi connectivity index (χ2v) is 9.20. The van der Waals surface area contributed by atoms with Crippen LogP contribution in [0.2, 0.25) is 0 Å². The fourth-order valence-corrected chi connectivity index (χ4v) is 4.43. The van der Waals surface area contributed by atoms with Crippen LogP contribution in [0.1, 0.15) is 24.1 Å². The van der Waals surface area contributed by atoms with E-state index < -0.39 is 30.0 Å². The minimum atomic E-state index is -5.08. The number of ether oxygens (including phenoxy) is 1. The molecular weight excluding hydrogens is 533 g/mol. The predicted octanol–water partition coefficient (Wildman–Crippen LogP) is 3.91. The number of halogens is 3. The van der Waals surface area contributed by atoms with Gasteiger partial charge in [0.15, 0.2) is 0 Å². The van der Waals surface area contributed by atoms with Gasteiger partial charge >= 0.3 is 12.1 Å². The number of carboxylic acids is 1. The molecule has 1 fully saturated rings. The van der Waals surface area contributed by atoms with Crippen LogP contribution in [0, 0.1) is 12.8 Å². The molecule has 214 valence electrons. The van der Waals surface area contributed by atoms with Crippen molar-refractivity contribution in [3.8, 4) is 5.75 Å². The molecule has 3 aromatic rings. The molecule has 0 bridgehead atoms. The number of hydrogen-bond donors (Lipinski definition) is 4. The van der Waals surface area contributed by atoms with Gasteiger partial charge in [0.2, 0.25) is 11.8 Å². The fraction of sp³-hybridized carbons (Fsp3) is 0.333. The lowest BCUT2D eigenvalue weighted by atomic mass is 9.88. The lowest BCUT2D eigenvalue weighted by molar-refractivity contribution is -0.192. The average molecular weight is 563 g/mol. The summed E-state index contributed by atoms with van der Waals surface area (Å²) in [6, 6.07) is 16.5. The number of carbonyl (C=O) groups excluding carboxylic acids is 2. The first kappa shape index (κ1) is 30.3. The number of rotatable bonds is 6. The van der Waals surface area contributed by atoms with Crippen molar-refractivity contribution in [1.29, 1.82) is 0 Å². The van der Waals surface area contributed by atoms with Crippen LogP contribution in [0.5, 0.6) is 5.75 Å². The van der Waals surface area contributed by atoms with Gasteiger partial charge in [-0.2, -0.15) is 13.2 Å². The van der Waals surface area contributed by atoms with E-state index in [1.165, 1.54) is 0 Å². The SMILES string of the molecule is Cc1cc(COc2ccc(NC(=O)[C@H]3[C@H](C(=O)NO)CCCN3C)cc2)c2ccccc2n1.O=C(O)C(F)(F)F. The van der Waals surface area contributed by atoms with Gasteiger partial charge in [-0.05, 0) is 69.8 Å². The number of benzene rings is 2. The van der Waals surface area contributed by atoms with Gasteiger partial charge in [0.05, 0.1) is 11.4 Å². The lowest BCUT2D eigenvalue weighted by Crippen LogP contribution is -2.54. The Bertz CT molecular complexity index is 1350. The summed E-state index contributed by atoms with van der Waals surface area (Å²) in [5, 5.41) is 20.1. The fourth-order valence-electron chi connectivity index (χ4n) is 4.43. The topological polar surface area (TPSA) is 141 Å². The number of likely N-dealkylation sites (N-methyl/N-ethyl adjacent to an activating group) is 1. The van der Waals surface area contributed by atoms with E-state index in [1.54, 1.807) is 29.7 Å². The molecule has 1 aliphatic heterocycles. The number of hydrogen-bond acceptors (Lipinski definition) is 7. The molecule has 2 atom stereocenters. The van der Waals surface area contributed by atoms with Crippen molar-refractivity contribution in [1.82, 2.24) is 15.4 Å². The molecule has 0 spiro atoms. The number of anilines is 1. The first-order chi connectivity index (χ1) is 18.9. The first-order valence-corrected chi connectivity index (χ1v) is 12.2. The third-order valence-corrected chi connectivity index (χ3v) is 6.29. The predicted molar refractivity (Wildman–Crippen MR) is 139 cm³/mol. The van der Waals surface area contributed by atoms with Crippen LogP contribution in [0.15, 0.2) is 54.6 Å². The maximum absolute atomic E-state index is 12.9. The molecule has 13 heteroatoms. The second kappa shape index (κ2) is 13.2. The largest absolute Gasteiger partial charge is 0.490 e. The van der Waals surface area contributed by atoms with Crippen LogP contribution in [0.3, 0.4) is 0 Å². The summed E-state index contributed by atoms with van der Waals surface area (Å²) in [7, 11) is 1.81. The number of alkyl halides is 3. The van der Waals surface area contributed by atoms with Gasteiger partial charge in [-0.25, -0.2) is 10.3 Å². The summed E-state index contributed by atoms with van der Waals surface area (Å²) < 4.78 is 37.7. The number of nitrogens with zero attached hydrogens (tertiary/aromatic N) is 2. The highest BCUT2D eigenvalue weighted by Gasteiger charge is 2.39. The lowest BCUT2D eigenvalue weighted by Gasteiger charge is -2.36. The van der Waals surface area contributed by atoms with Gasteiger partial charge in [0.25, 0.3) is 0 Å². The highest BCUT2D eigenvalue weighted by atomic mass is 19.4. The molecule has 0 unspecified atom stereocenters. The first-order valence-electron chi connectivity index (χ1n) is 12.2. The second-order valence-electron chi connectivity index (χ2n) is 9.20. The molecule has 1 saturated heterocycles. The molecule has 4 N–H and O–H groups in total. The molecule has 1 aromatic heterocycles. The molecule has 4 rings (SSSR count). The summed E-state index contributed by atoms with van der Waals surface area (Å²) >= 11 is 0. The zero-order chi connectivity index (χ0) is 29.4. The molecule has 2 aromatic carbocycles. The minimum Gasteiger partial charge on any atom is -0.489 e. The van der Waals surface area contributed by atoms with E-state index in [-0.39, 0.29) is 5.91 Å². The molecule has 1 aliphatic rings. The summed E-state index contributed by atoms with van der Waals surface area (Å²) in [6.07, 6.45) is -3.75. The van der Waals surface area contributed by atoms with Crippen LogP contribution in [0.25, 0.3) is 10.9 Å². The number of fused-ring (bicyclic) bond motifs is 1. The molecular formula is C27H29F3N4O6. The third-order valence-electron chi connectivity index (χ3n) is 6.29. The summed E-state index contributed by atoms with van der Waals surface area (Å²) in [5.41, 5.74) is 5.23. The van der Waals surface area contributed by atoms with Crippen LogP contribution in [-0.4, -0.2) is 63.8 Å². The van der Waals surface area contributed by atoms with Gasteiger partial charge in [-0.15, -0.1) is 0 Å². The number of aliphatic carboxylic acids is 1. The van der Waals surface area contributed by atoms with Crippen LogP contribution < -0.4 is 15.5 Å². The Labute approximate surface area is 227 Å². The molecule has 0 radical (unpaired) electrons. The van der Waals surface area contributed by atoms with E-state index >= 15 is 0 Å². The van der Waals surface area contributed by atoms with Crippen LogP contribution >= 0.6 is 0 Å². The molecule has 2 amide bonds. The van der Waals surface area contributed by atoms with Gasteiger partial charge in [-0.3, -0.25) is 24.7 Å². The number of para-hydroxylation sites is 1. The number of hydroxylamine groups is 1. The van der Waals surface area contributed by atoms with Gasteiger partial charge in [0.1, 0.15) is 18.4 Å². The normalized spacial score (nSPS) is 17.4. The number of pyridine rings is 1. The molecule has 40 heavy (non-hydrogen) atoms. The van der Waals surface area contributed by atoms with E-state index in [1.807, 2.05) is 49.2 Å². The third kappa shape index (κ3) is 7.90. The maximum atomic E-state index is 12.9. The maximum Gasteiger partial charge on any atom is 0.490 e. The van der Waals surface area contributed by atoms with Crippen LogP contribution in [-0.2, 0) is 21.0 Å². The van der Waals surface area contributed by atoms with Crippen molar-refractivity contribution in [3.63, 3.8) is 0 Å². The number of carbonyl (C=O) groups is 3.